The molecule has 2 heterocycles. The third kappa shape index (κ3) is 2.88. The van der Waals surface area contributed by atoms with Crippen LogP contribution in [0.5, 0.6) is 0 Å². The number of rotatable bonds is 5. The Morgan fingerprint density at radius 2 is 1.67 bits per heavy atom. The van der Waals surface area contributed by atoms with Crippen LogP contribution < -0.4 is 11.1 Å². The second-order valence-corrected chi connectivity index (χ2v) is 6.12. The average molecular weight is 361 g/mol. The zero-order valence-electron chi connectivity index (χ0n) is 14.1. The summed E-state index contributed by atoms with van der Waals surface area (Å²) in [4.78, 5) is 27.7. The predicted molar refractivity (Wildman–Crippen MR) is 98.8 cm³/mol. The van der Waals surface area contributed by atoms with Gasteiger partial charge in [-0.2, -0.15) is 0 Å². The topological polar surface area (TPSA) is 113 Å². The number of benzene rings is 2. The lowest BCUT2D eigenvalue weighted by Gasteiger charge is -2.36. The number of hydrogen-bond acceptors (Lipinski definition) is 4. The molecule has 1 N–H and O–H groups in total. The van der Waals surface area contributed by atoms with Gasteiger partial charge < -0.3 is 9.73 Å². The van der Waals surface area contributed by atoms with Gasteiger partial charge in [-0.25, -0.2) is 4.79 Å². The Kier molecular flexibility index (Phi) is 4.24. The lowest BCUT2D eigenvalue weighted by atomic mass is 9.97. The summed E-state index contributed by atoms with van der Waals surface area (Å²) in [6.45, 7) is 0.0550. The summed E-state index contributed by atoms with van der Waals surface area (Å²) in [5.41, 5.74) is 10.6. The lowest BCUT2D eigenvalue weighted by Crippen LogP contribution is -2.61. The van der Waals surface area contributed by atoms with Crippen LogP contribution in [0.15, 0.2) is 75.0 Å². The van der Waals surface area contributed by atoms with Gasteiger partial charge in [0.15, 0.2) is 5.76 Å². The van der Waals surface area contributed by atoms with Gasteiger partial charge in [0.1, 0.15) is 6.04 Å². The highest BCUT2D eigenvalue weighted by atomic mass is 16.4. The average Bonchev–Trinajstić information content (AvgIpc) is 3.03. The molecule has 2 aromatic carbocycles. The van der Waals surface area contributed by atoms with E-state index >= 15 is 0 Å². The van der Waals surface area contributed by atoms with Crippen LogP contribution in [-0.2, 0) is 4.79 Å². The summed E-state index contributed by atoms with van der Waals surface area (Å²) >= 11 is 0. The van der Waals surface area contributed by atoms with Crippen LogP contribution in [-0.4, -0.2) is 23.1 Å². The van der Waals surface area contributed by atoms with Gasteiger partial charge >= 0.3 is 5.76 Å². The van der Waals surface area contributed by atoms with Gasteiger partial charge in [-0.05, 0) is 5.53 Å². The number of aromatic nitrogens is 1. The summed E-state index contributed by atoms with van der Waals surface area (Å²) in [6.07, 6.45) is 0. The van der Waals surface area contributed by atoms with Gasteiger partial charge in [0, 0.05) is 22.6 Å². The van der Waals surface area contributed by atoms with Crippen LogP contribution in [0, 0.1) is 0 Å². The van der Waals surface area contributed by atoms with Gasteiger partial charge in [-0.3, -0.25) is 9.36 Å². The Bertz CT molecular complexity index is 1080. The normalized spacial score (nSPS) is 18.3. The minimum Gasteiger partial charge on any atom is -0.407 e. The van der Waals surface area contributed by atoms with Crippen LogP contribution in [0.1, 0.15) is 6.04 Å². The molecule has 134 valence electrons. The molecule has 8 nitrogen and oxygen atoms in total. The molecule has 0 saturated carbocycles. The van der Waals surface area contributed by atoms with E-state index in [1.165, 1.54) is 4.57 Å². The van der Waals surface area contributed by atoms with Gasteiger partial charge in [-0.1, -0.05) is 65.8 Å². The quantitative estimate of drug-likeness (QED) is 0.326. The highest BCUT2D eigenvalue weighted by Crippen LogP contribution is 2.35. The van der Waals surface area contributed by atoms with Crippen molar-refractivity contribution in [1.29, 1.82) is 0 Å². The van der Waals surface area contributed by atoms with Gasteiger partial charge in [0.2, 0.25) is 5.91 Å². The van der Waals surface area contributed by atoms with E-state index in [0.717, 1.165) is 11.1 Å². The minimum atomic E-state index is -0.792. The van der Waals surface area contributed by atoms with Crippen molar-refractivity contribution < 1.29 is 9.21 Å². The SMILES string of the molecule is [N-]=[N+]=NC[C@@H]1NC(=O)[C@@H]1n1c(-c2ccccc2)c(-c2ccccc2)oc1=O. The maximum atomic E-state index is 12.7. The number of β-lactam (4-membered cyclic amide) rings is 1. The molecule has 0 radical (unpaired) electrons. The van der Waals surface area contributed by atoms with E-state index in [-0.39, 0.29) is 12.5 Å². The molecule has 2 atom stereocenters. The largest absolute Gasteiger partial charge is 0.420 e. The van der Waals surface area contributed by atoms with E-state index in [1.54, 1.807) is 0 Å². The maximum absolute atomic E-state index is 12.7. The van der Waals surface area contributed by atoms with Gasteiger partial charge in [0.25, 0.3) is 0 Å². The lowest BCUT2D eigenvalue weighted by molar-refractivity contribution is -0.133. The zero-order valence-corrected chi connectivity index (χ0v) is 14.1. The summed E-state index contributed by atoms with van der Waals surface area (Å²) in [5.74, 6) is -0.541. The number of azide groups is 1. The molecule has 0 unspecified atom stereocenters. The van der Waals surface area contributed by atoms with Crippen molar-refractivity contribution in [3.63, 3.8) is 0 Å². The Labute approximate surface area is 153 Å². The fourth-order valence-corrected chi connectivity index (χ4v) is 3.29. The molecule has 4 rings (SSSR count). The molecule has 1 aliphatic heterocycles. The van der Waals surface area contributed by atoms with Crippen molar-refractivity contribution in [3.8, 4) is 22.6 Å². The van der Waals surface area contributed by atoms with E-state index in [9.17, 15) is 9.59 Å². The number of oxazole rings is 1. The van der Waals surface area contributed by atoms with Crippen molar-refractivity contribution in [3.05, 3.63) is 81.7 Å². The van der Waals surface area contributed by atoms with E-state index in [2.05, 4.69) is 15.3 Å². The van der Waals surface area contributed by atoms with Crippen LogP contribution in [0.3, 0.4) is 0 Å². The fraction of sp³-hybridized carbons (Fsp3) is 0.158. The van der Waals surface area contributed by atoms with Crippen molar-refractivity contribution >= 4 is 5.91 Å². The standard InChI is InChI=1S/C19H15N5O3/c20-23-21-11-14-16(18(25)22-14)24-15(12-7-3-1-4-8-12)17(27-19(24)26)13-9-5-2-6-10-13/h1-10,14,16H,11H2,(H,22,25)/t14-,16+/m0/s1. The van der Waals surface area contributed by atoms with E-state index in [0.29, 0.717) is 11.5 Å². The smallest absolute Gasteiger partial charge is 0.407 e. The number of hydrogen-bond donors (Lipinski definition) is 1. The predicted octanol–water partition coefficient (Wildman–Crippen LogP) is 3.13. The highest BCUT2D eigenvalue weighted by molar-refractivity contribution is 5.89. The van der Waals surface area contributed by atoms with Crippen LogP contribution >= 0.6 is 0 Å². The number of carbonyl (C=O) groups is 1. The number of nitrogens with one attached hydrogen (secondary N) is 1. The first-order valence-corrected chi connectivity index (χ1v) is 8.38. The molecule has 8 heteroatoms. The van der Waals surface area contributed by atoms with E-state index in [4.69, 9.17) is 9.95 Å². The fourth-order valence-electron chi connectivity index (χ4n) is 3.29. The summed E-state index contributed by atoms with van der Waals surface area (Å²) in [5, 5.41) is 6.20. The monoisotopic (exact) mass is 361 g/mol. The van der Waals surface area contributed by atoms with Crippen molar-refractivity contribution in [1.82, 2.24) is 9.88 Å². The number of carbonyl (C=O) groups excluding carboxylic acids is 1. The van der Waals surface area contributed by atoms with Crippen LogP contribution in [0.25, 0.3) is 33.0 Å². The molecular weight excluding hydrogens is 346 g/mol. The number of nitrogens with zero attached hydrogens (tertiary/aromatic N) is 4. The first-order valence-electron chi connectivity index (χ1n) is 8.38. The number of amides is 1. The second kappa shape index (κ2) is 6.86. The first-order chi connectivity index (χ1) is 13.2. The highest BCUT2D eigenvalue weighted by Gasteiger charge is 2.43. The maximum Gasteiger partial charge on any atom is 0.420 e. The molecule has 1 amide bonds. The molecule has 1 fully saturated rings. The molecule has 0 bridgehead atoms. The van der Waals surface area contributed by atoms with Gasteiger partial charge in [-0.15, -0.1) is 0 Å². The molecule has 0 aliphatic carbocycles. The minimum absolute atomic E-state index is 0.0550. The zero-order chi connectivity index (χ0) is 18.8. The molecule has 27 heavy (non-hydrogen) atoms. The molecular formula is C19H15N5O3. The second-order valence-electron chi connectivity index (χ2n) is 6.12. The Morgan fingerprint density at radius 1 is 1.04 bits per heavy atom. The Hall–Kier alpha value is -3.77. The van der Waals surface area contributed by atoms with E-state index < -0.39 is 17.8 Å². The van der Waals surface area contributed by atoms with Crippen LogP contribution in [0.2, 0.25) is 0 Å². The summed E-state index contributed by atoms with van der Waals surface area (Å²) < 4.78 is 6.92. The summed E-state index contributed by atoms with van der Waals surface area (Å²) in [6, 6.07) is 17.3. The first kappa shape index (κ1) is 16.7. The Morgan fingerprint density at radius 3 is 2.26 bits per heavy atom. The molecule has 3 aromatic rings. The summed E-state index contributed by atoms with van der Waals surface area (Å²) in [7, 11) is 0. The molecule has 1 saturated heterocycles. The third-order valence-corrected chi connectivity index (χ3v) is 4.52. The van der Waals surface area contributed by atoms with Gasteiger partial charge in [0.05, 0.1) is 11.7 Å². The Balaban J connectivity index is 1.92. The van der Waals surface area contributed by atoms with E-state index in [1.807, 2.05) is 60.7 Å². The van der Waals surface area contributed by atoms with Crippen molar-refractivity contribution in [2.24, 2.45) is 5.11 Å². The molecule has 1 aliphatic rings. The molecule has 0 spiro atoms. The van der Waals surface area contributed by atoms with Crippen molar-refractivity contribution in [2.45, 2.75) is 12.1 Å². The third-order valence-electron chi connectivity index (χ3n) is 4.52. The molecule has 1 aromatic heterocycles. The van der Waals surface area contributed by atoms with Crippen molar-refractivity contribution in [2.75, 3.05) is 6.54 Å². The van der Waals surface area contributed by atoms with Crippen LogP contribution in [0.4, 0.5) is 0 Å².